The lowest BCUT2D eigenvalue weighted by atomic mass is 10.2. The van der Waals surface area contributed by atoms with Crippen molar-refractivity contribution < 1.29 is 14.6 Å². The summed E-state index contributed by atoms with van der Waals surface area (Å²) in [4.78, 5) is 28.6. The molecule has 7 heteroatoms. The minimum absolute atomic E-state index is 0.0594. The number of nitrogens with one attached hydrogen (secondary N) is 2. The number of nitrogens with zero attached hydrogens (tertiary/aromatic N) is 1. The van der Waals surface area contributed by atoms with Gasteiger partial charge in [0.15, 0.2) is 0 Å². The maximum Gasteiger partial charge on any atom is 0.414 e. The number of rotatable bonds is 2. The smallest absolute Gasteiger partial charge is 0.414 e. The molecule has 0 saturated heterocycles. The molecule has 0 spiro atoms. The van der Waals surface area contributed by atoms with Crippen molar-refractivity contribution in [3.63, 3.8) is 0 Å². The van der Waals surface area contributed by atoms with Gasteiger partial charge in [0, 0.05) is 6.07 Å². The first-order valence-electron chi connectivity index (χ1n) is 5.01. The van der Waals surface area contributed by atoms with Crippen LogP contribution >= 0.6 is 0 Å². The van der Waals surface area contributed by atoms with Crippen LogP contribution in [0.25, 0.3) is 0 Å². The van der Waals surface area contributed by atoms with Crippen LogP contribution in [-0.4, -0.2) is 26.8 Å². The summed E-state index contributed by atoms with van der Waals surface area (Å²) in [5.74, 6) is -0.0594. The molecule has 0 unspecified atom stereocenters. The third-order valence-electron chi connectivity index (χ3n) is 1.58. The molecule has 0 saturated carbocycles. The van der Waals surface area contributed by atoms with E-state index in [4.69, 9.17) is 9.84 Å². The zero-order valence-corrected chi connectivity index (χ0v) is 9.90. The highest BCUT2D eigenvalue weighted by molar-refractivity contribution is 5.82. The lowest BCUT2D eigenvalue weighted by Crippen LogP contribution is -2.28. The number of carbonyl (C=O) groups excluding carboxylic acids is 1. The SMILES string of the molecule is CC(C)(C)OC(=O)Nc1nc(CO)cc(=O)[nH]1. The van der Waals surface area contributed by atoms with Gasteiger partial charge in [-0.2, -0.15) is 0 Å². The highest BCUT2D eigenvalue weighted by Gasteiger charge is 2.16. The van der Waals surface area contributed by atoms with Crippen LogP contribution in [0.3, 0.4) is 0 Å². The molecule has 0 radical (unpaired) electrons. The number of aromatic amines is 1. The molecule has 0 aromatic carbocycles. The number of anilines is 1. The molecule has 7 nitrogen and oxygen atoms in total. The summed E-state index contributed by atoms with van der Waals surface area (Å²) in [6, 6.07) is 1.14. The van der Waals surface area contributed by atoms with Crippen LogP contribution in [0, 0.1) is 0 Å². The van der Waals surface area contributed by atoms with Gasteiger partial charge in [-0.25, -0.2) is 9.78 Å². The summed E-state index contributed by atoms with van der Waals surface area (Å²) >= 11 is 0. The Balaban J connectivity index is 2.78. The number of carbonyl (C=O) groups is 1. The molecule has 0 fully saturated rings. The van der Waals surface area contributed by atoms with E-state index in [1.54, 1.807) is 20.8 Å². The van der Waals surface area contributed by atoms with Crippen molar-refractivity contribution in [3.8, 4) is 0 Å². The van der Waals surface area contributed by atoms with Crippen molar-refractivity contribution in [1.82, 2.24) is 9.97 Å². The summed E-state index contributed by atoms with van der Waals surface area (Å²) in [5, 5.41) is 11.1. The standard InChI is InChI=1S/C10H15N3O4/c1-10(2,3)17-9(16)13-8-11-6(5-14)4-7(15)12-8/h4,14H,5H2,1-3H3,(H2,11,12,13,15,16). The van der Waals surface area contributed by atoms with Crippen molar-refractivity contribution in [3.05, 3.63) is 22.1 Å². The molecule has 17 heavy (non-hydrogen) atoms. The van der Waals surface area contributed by atoms with E-state index in [0.29, 0.717) is 0 Å². The topological polar surface area (TPSA) is 104 Å². The fourth-order valence-electron chi connectivity index (χ4n) is 1.05. The molecule has 94 valence electrons. The predicted octanol–water partition coefficient (Wildman–Crippen LogP) is 0.609. The summed E-state index contributed by atoms with van der Waals surface area (Å²) in [5.41, 5.74) is -0.936. The fraction of sp³-hybridized carbons (Fsp3) is 0.500. The third-order valence-corrected chi connectivity index (χ3v) is 1.58. The normalized spacial score (nSPS) is 11.1. The number of aliphatic hydroxyl groups is 1. The Morgan fingerprint density at radius 2 is 2.24 bits per heavy atom. The zero-order chi connectivity index (χ0) is 13.1. The van der Waals surface area contributed by atoms with Gasteiger partial charge in [0.2, 0.25) is 5.95 Å². The monoisotopic (exact) mass is 241 g/mol. The molecule has 0 aliphatic carbocycles. The molecule has 1 amide bonds. The molecule has 0 atom stereocenters. The molecule has 3 N–H and O–H groups in total. The summed E-state index contributed by atoms with van der Waals surface area (Å²) in [6.07, 6.45) is -0.726. The first kappa shape index (κ1) is 13.2. The molecule has 0 bridgehead atoms. The summed E-state index contributed by atoms with van der Waals surface area (Å²) in [7, 11) is 0. The van der Waals surface area contributed by atoms with Crippen molar-refractivity contribution in [2.75, 3.05) is 5.32 Å². The van der Waals surface area contributed by atoms with Gasteiger partial charge in [-0.05, 0) is 20.8 Å². The van der Waals surface area contributed by atoms with Crippen molar-refractivity contribution in [2.24, 2.45) is 0 Å². The first-order chi connectivity index (χ1) is 7.80. The largest absolute Gasteiger partial charge is 0.444 e. The molecule has 1 aromatic rings. The lowest BCUT2D eigenvalue weighted by molar-refractivity contribution is 0.0634. The van der Waals surface area contributed by atoms with E-state index < -0.39 is 17.3 Å². The van der Waals surface area contributed by atoms with E-state index in [0.717, 1.165) is 6.07 Å². The Morgan fingerprint density at radius 3 is 2.76 bits per heavy atom. The molecule has 1 rings (SSSR count). The maximum absolute atomic E-state index is 11.4. The Kier molecular flexibility index (Phi) is 3.84. The molecule has 1 heterocycles. The van der Waals surface area contributed by atoms with Crippen LogP contribution in [-0.2, 0) is 11.3 Å². The van der Waals surface area contributed by atoms with E-state index in [-0.39, 0.29) is 18.2 Å². The van der Waals surface area contributed by atoms with Crippen LogP contribution in [0.4, 0.5) is 10.7 Å². The van der Waals surface area contributed by atoms with E-state index >= 15 is 0 Å². The average molecular weight is 241 g/mol. The third kappa shape index (κ3) is 4.64. The molecular formula is C10H15N3O4. The minimum Gasteiger partial charge on any atom is -0.444 e. The van der Waals surface area contributed by atoms with Crippen molar-refractivity contribution in [2.45, 2.75) is 33.0 Å². The zero-order valence-electron chi connectivity index (χ0n) is 9.90. The number of aromatic nitrogens is 2. The number of amides is 1. The van der Waals surface area contributed by atoms with Crippen molar-refractivity contribution in [1.29, 1.82) is 0 Å². The molecule has 0 aliphatic rings. The number of ether oxygens (including phenoxy) is 1. The fourth-order valence-corrected chi connectivity index (χ4v) is 1.05. The molecule has 0 aliphatic heterocycles. The minimum atomic E-state index is -0.726. The van der Waals surface area contributed by atoms with Crippen LogP contribution in [0.2, 0.25) is 0 Å². The summed E-state index contributed by atoms with van der Waals surface area (Å²) < 4.78 is 4.98. The Labute approximate surface area is 97.8 Å². The van der Waals surface area contributed by atoms with Crippen LogP contribution < -0.4 is 10.9 Å². The van der Waals surface area contributed by atoms with Gasteiger partial charge in [-0.15, -0.1) is 0 Å². The van der Waals surface area contributed by atoms with Gasteiger partial charge in [-0.1, -0.05) is 0 Å². The molecule has 1 aromatic heterocycles. The Bertz CT molecular complexity index is 461. The van der Waals surface area contributed by atoms with E-state index in [2.05, 4.69) is 15.3 Å². The van der Waals surface area contributed by atoms with Crippen LogP contribution in [0.1, 0.15) is 26.5 Å². The lowest BCUT2D eigenvalue weighted by Gasteiger charge is -2.19. The Hall–Kier alpha value is -1.89. The average Bonchev–Trinajstić information content (AvgIpc) is 2.13. The highest BCUT2D eigenvalue weighted by Crippen LogP contribution is 2.08. The second-order valence-electron chi connectivity index (χ2n) is 4.37. The van der Waals surface area contributed by atoms with Gasteiger partial charge in [0.1, 0.15) is 5.60 Å². The number of aliphatic hydroxyl groups excluding tert-OH is 1. The number of hydrogen-bond acceptors (Lipinski definition) is 5. The van der Waals surface area contributed by atoms with E-state index in [9.17, 15) is 9.59 Å². The van der Waals surface area contributed by atoms with Gasteiger partial charge in [0.25, 0.3) is 5.56 Å². The second-order valence-corrected chi connectivity index (χ2v) is 4.37. The number of H-pyrrole nitrogens is 1. The maximum atomic E-state index is 11.4. The van der Waals surface area contributed by atoms with E-state index in [1.165, 1.54) is 0 Å². The number of hydrogen-bond donors (Lipinski definition) is 3. The first-order valence-corrected chi connectivity index (χ1v) is 5.01. The van der Waals surface area contributed by atoms with Crippen LogP contribution in [0.15, 0.2) is 10.9 Å². The summed E-state index contributed by atoms with van der Waals surface area (Å²) in [6.45, 7) is 4.76. The van der Waals surface area contributed by atoms with Crippen molar-refractivity contribution >= 4 is 12.0 Å². The van der Waals surface area contributed by atoms with Gasteiger partial charge < -0.3 is 9.84 Å². The van der Waals surface area contributed by atoms with Crippen LogP contribution in [0.5, 0.6) is 0 Å². The van der Waals surface area contributed by atoms with E-state index in [1.807, 2.05) is 0 Å². The molecular weight excluding hydrogens is 226 g/mol. The highest BCUT2D eigenvalue weighted by atomic mass is 16.6. The van der Waals surface area contributed by atoms with Gasteiger partial charge in [0.05, 0.1) is 12.3 Å². The Morgan fingerprint density at radius 1 is 1.59 bits per heavy atom. The second kappa shape index (κ2) is 4.96. The predicted molar refractivity (Wildman–Crippen MR) is 60.6 cm³/mol. The quantitative estimate of drug-likeness (QED) is 0.703. The van der Waals surface area contributed by atoms with Gasteiger partial charge >= 0.3 is 6.09 Å². The van der Waals surface area contributed by atoms with Gasteiger partial charge in [-0.3, -0.25) is 15.1 Å².